The summed E-state index contributed by atoms with van der Waals surface area (Å²) < 4.78 is 29.0. The maximum atomic E-state index is 12.6. The van der Waals surface area contributed by atoms with Gasteiger partial charge in [0, 0.05) is 23.6 Å². The largest absolute Gasteiger partial charge is 0.380 e. The molecule has 0 atom stereocenters. The number of para-hydroxylation sites is 1. The van der Waals surface area contributed by atoms with Gasteiger partial charge in [0.2, 0.25) is 0 Å². The number of hydrogen-bond acceptors (Lipinski definition) is 4. The SMILES string of the molecule is CCCS(=O)(=O)Oc1cccc2c(C(=O)Cc3ccccc3)c[nH]c12. The molecule has 0 bridgehead atoms. The van der Waals surface area contributed by atoms with Crippen LogP contribution in [0.1, 0.15) is 29.3 Å². The molecular formula is C19H19NO4S. The summed E-state index contributed by atoms with van der Waals surface area (Å²) in [5.74, 6) is 0.125. The molecule has 0 unspecified atom stereocenters. The summed E-state index contributed by atoms with van der Waals surface area (Å²) in [4.78, 5) is 15.6. The molecule has 0 aliphatic heterocycles. The average Bonchev–Trinajstić information content (AvgIpc) is 3.00. The number of nitrogens with one attached hydrogen (secondary N) is 1. The molecule has 1 aromatic heterocycles. The van der Waals surface area contributed by atoms with Gasteiger partial charge in [-0.15, -0.1) is 0 Å². The standard InChI is InChI=1S/C19H19NO4S/c1-2-11-25(22,23)24-18-10-6-9-15-16(13-20-19(15)18)17(21)12-14-7-4-3-5-8-14/h3-10,13,20H,2,11-12H2,1H3. The van der Waals surface area contributed by atoms with E-state index in [-0.39, 0.29) is 23.7 Å². The smallest absolute Gasteiger partial charge is 0.309 e. The molecule has 0 radical (unpaired) electrons. The fourth-order valence-corrected chi connectivity index (χ4v) is 3.73. The van der Waals surface area contributed by atoms with Crippen LogP contribution in [0, 0.1) is 0 Å². The normalized spacial score (nSPS) is 11.6. The van der Waals surface area contributed by atoms with E-state index >= 15 is 0 Å². The van der Waals surface area contributed by atoms with Gasteiger partial charge in [-0.25, -0.2) is 0 Å². The third-order valence-electron chi connectivity index (χ3n) is 3.86. The number of hydrogen-bond donors (Lipinski definition) is 1. The van der Waals surface area contributed by atoms with Crippen molar-refractivity contribution in [1.82, 2.24) is 4.98 Å². The number of carbonyl (C=O) groups is 1. The van der Waals surface area contributed by atoms with Gasteiger partial charge in [0.05, 0.1) is 11.3 Å². The van der Waals surface area contributed by atoms with Crippen LogP contribution in [0.15, 0.2) is 54.7 Å². The van der Waals surface area contributed by atoms with E-state index in [0.29, 0.717) is 22.9 Å². The first-order valence-electron chi connectivity index (χ1n) is 8.09. The van der Waals surface area contributed by atoms with Crippen LogP contribution in [0.3, 0.4) is 0 Å². The molecule has 130 valence electrons. The number of Topliss-reactive ketones (excluding diaryl/α,β-unsaturated/α-hetero) is 1. The van der Waals surface area contributed by atoms with E-state index in [2.05, 4.69) is 4.98 Å². The topological polar surface area (TPSA) is 76.2 Å². The lowest BCUT2D eigenvalue weighted by atomic mass is 10.0. The van der Waals surface area contributed by atoms with Crippen molar-refractivity contribution in [3.8, 4) is 5.75 Å². The van der Waals surface area contributed by atoms with Crippen LogP contribution in [-0.2, 0) is 16.5 Å². The number of aromatic nitrogens is 1. The lowest BCUT2D eigenvalue weighted by Crippen LogP contribution is -2.13. The molecule has 3 aromatic rings. The van der Waals surface area contributed by atoms with E-state index < -0.39 is 10.1 Å². The minimum Gasteiger partial charge on any atom is -0.380 e. The summed E-state index contributed by atoms with van der Waals surface area (Å²) in [6.07, 6.45) is 2.37. The number of aromatic amines is 1. The number of fused-ring (bicyclic) bond motifs is 1. The monoisotopic (exact) mass is 357 g/mol. The summed E-state index contributed by atoms with van der Waals surface area (Å²) in [6, 6.07) is 14.5. The first kappa shape index (κ1) is 17.2. The second-order valence-corrected chi connectivity index (χ2v) is 7.50. The molecule has 0 saturated heterocycles. The zero-order valence-corrected chi connectivity index (χ0v) is 14.7. The second kappa shape index (κ2) is 7.11. The molecular weight excluding hydrogens is 338 g/mol. The maximum Gasteiger partial charge on any atom is 0.309 e. The molecule has 3 rings (SSSR count). The fraction of sp³-hybridized carbons (Fsp3) is 0.211. The molecule has 0 spiro atoms. The summed E-state index contributed by atoms with van der Waals surface area (Å²) in [5, 5.41) is 0.658. The summed E-state index contributed by atoms with van der Waals surface area (Å²) in [6.45, 7) is 1.77. The Kier molecular flexibility index (Phi) is 4.90. The van der Waals surface area contributed by atoms with Crippen LogP contribution in [-0.4, -0.2) is 24.9 Å². The van der Waals surface area contributed by atoms with Crippen molar-refractivity contribution in [1.29, 1.82) is 0 Å². The summed E-state index contributed by atoms with van der Waals surface area (Å²) in [7, 11) is -3.64. The van der Waals surface area contributed by atoms with Crippen molar-refractivity contribution >= 4 is 26.8 Å². The Balaban J connectivity index is 1.92. The molecule has 0 aliphatic carbocycles. The zero-order chi connectivity index (χ0) is 17.9. The van der Waals surface area contributed by atoms with Crippen molar-refractivity contribution in [2.24, 2.45) is 0 Å². The Labute approximate surface area is 146 Å². The van der Waals surface area contributed by atoms with E-state index in [9.17, 15) is 13.2 Å². The zero-order valence-electron chi connectivity index (χ0n) is 13.9. The van der Waals surface area contributed by atoms with Crippen LogP contribution >= 0.6 is 0 Å². The highest BCUT2D eigenvalue weighted by molar-refractivity contribution is 7.87. The van der Waals surface area contributed by atoms with E-state index in [4.69, 9.17) is 4.18 Å². The predicted octanol–water partition coefficient (Wildman–Crippen LogP) is 3.71. The van der Waals surface area contributed by atoms with Gasteiger partial charge in [0.25, 0.3) is 0 Å². The lowest BCUT2D eigenvalue weighted by Gasteiger charge is -2.07. The van der Waals surface area contributed by atoms with Crippen LogP contribution in [0.25, 0.3) is 10.9 Å². The Morgan fingerprint density at radius 2 is 1.84 bits per heavy atom. The molecule has 0 amide bonds. The van der Waals surface area contributed by atoms with E-state index in [0.717, 1.165) is 5.56 Å². The maximum absolute atomic E-state index is 12.6. The van der Waals surface area contributed by atoms with Gasteiger partial charge in [0.1, 0.15) is 0 Å². The molecule has 25 heavy (non-hydrogen) atoms. The molecule has 1 heterocycles. The van der Waals surface area contributed by atoms with Gasteiger partial charge in [0.15, 0.2) is 11.5 Å². The first-order chi connectivity index (χ1) is 12.0. The van der Waals surface area contributed by atoms with E-state index in [1.54, 1.807) is 31.3 Å². The molecule has 0 saturated carbocycles. The quantitative estimate of drug-likeness (QED) is 0.516. The number of benzene rings is 2. The molecule has 1 N–H and O–H groups in total. The molecule has 0 fully saturated rings. The Morgan fingerprint density at radius 1 is 1.08 bits per heavy atom. The summed E-state index contributed by atoms with van der Waals surface area (Å²) in [5.41, 5.74) is 1.97. The van der Waals surface area contributed by atoms with Gasteiger partial charge < -0.3 is 9.17 Å². The highest BCUT2D eigenvalue weighted by Gasteiger charge is 2.18. The van der Waals surface area contributed by atoms with Crippen LogP contribution in [0.5, 0.6) is 5.75 Å². The van der Waals surface area contributed by atoms with Crippen molar-refractivity contribution in [3.05, 3.63) is 65.9 Å². The third kappa shape index (κ3) is 3.91. The van der Waals surface area contributed by atoms with Crippen molar-refractivity contribution in [3.63, 3.8) is 0 Å². The fourth-order valence-electron chi connectivity index (χ4n) is 2.73. The molecule has 5 nitrogen and oxygen atoms in total. The van der Waals surface area contributed by atoms with Crippen molar-refractivity contribution in [2.75, 3.05) is 5.75 Å². The minimum atomic E-state index is -3.64. The van der Waals surface area contributed by atoms with Crippen LogP contribution in [0.2, 0.25) is 0 Å². The van der Waals surface area contributed by atoms with Gasteiger partial charge >= 0.3 is 10.1 Å². The van der Waals surface area contributed by atoms with Crippen molar-refractivity contribution < 1.29 is 17.4 Å². The van der Waals surface area contributed by atoms with E-state index in [1.807, 2.05) is 30.3 Å². The highest BCUT2D eigenvalue weighted by Crippen LogP contribution is 2.29. The Morgan fingerprint density at radius 3 is 2.56 bits per heavy atom. The minimum absolute atomic E-state index is 0.0361. The molecule has 6 heteroatoms. The molecule has 2 aromatic carbocycles. The van der Waals surface area contributed by atoms with Crippen LogP contribution in [0.4, 0.5) is 0 Å². The Bertz CT molecular complexity index is 991. The lowest BCUT2D eigenvalue weighted by molar-refractivity contribution is 0.0994. The number of H-pyrrole nitrogens is 1. The highest BCUT2D eigenvalue weighted by atomic mass is 32.2. The van der Waals surface area contributed by atoms with Gasteiger partial charge in [-0.05, 0) is 18.1 Å². The van der Waals surface area contributed by atoms with Crippen molar-refractivity contribution in [2.45, 2.75) is 19.8 Å². The number of rotatable bonds is 7. The predicted molar refractivity (Wildman–Crippen MR) is 97.5 cm³/mol. The third-order valence-corrected chi connectivity index (χ3v) is 5.20. The van der Waals surface area contributed by atoms with Gasteiger partial charge in [-0.3, -0.25) is 4.79 Å². The van der Waals surface area contributed by atoms with Crippen LogP contribution < -0.4 is 4.18 Å². The van der Waals surface area contributed by atoms with Gasteiger partial charge in [-0.2, -0.15) is 8.42 Å². The molecule has 0 aliphatic rings. The Hall–Kier alpha value is -2.60. The van der Waals surface area contributed by atoms with E-state index in [1.165, 1.54) is 0 Å². The second-order valence-electron chi connectivity index (χ2n) is 5.81. The average molecular weight is 357 g/mol. The number of carbonyl (C=O) groups excluding carboxylic acids is 1. The number of ketones is 1. The van der Waals surface area contributed by atoms with Gasteiger partial charge in [-0.1, -0.05) is 49.4 Å². The summed E-state index contributed by atoms with van der Waals surface area (Å²) >= 11 is 0. The first-order valence-corrected chi connectivity index (χ1v) is 9.67.